The minimum atomic E-state index is 0. The maximum atomic E-state index is 2.90. The SMILES string of the molecule is CCCCCCCCCCCCCCCCC1CCCCN1CCCCCCCCCCCCCCCC.Cl. The minimum absolute atomic E-state index is 0. The standard InChI is InChI=1S/C37H75N.ClH/c1-3-5-7-9-11-13-15-17-19-21-23-25-27-29-33-37-34-30-32-36-38(37)35-31-28-26-24-22-20-18-16-14-12-10-8-6-4-2;/h37H,3-36H2,1-2H3;1H. The lowest BCUT2D eigenvalue weighted by Crippen LogP contribution is -2.40. The number of hydrogen-bond donors (Lipinski definition) is 0. The third-order valence-electron chi connectivity index (χ3n) is 9.44. The van der Waals surface area contributed by atoms with Gasteiger partial charge in [0.2, 0.25) is 0 Å². The third-order valence-corrected chi connectivity index (χ3v) is 9.44. The van der Waals surface area contributed by atoms with Gasteiger partial charge in [-0.2, -0.15) is 0 Å². The molecule has 1 fully saturated rings. The number of rotatable bonds is 30. The zero-order valence-electron chi connectivity index (χ0n) is 27.5. The Morgan fingerprint density at radius 3 is 1.13 bits per heavy atom. The van der Waals surface area contributed by atoms with Crippen LogP contribution in [-0.2, 0) is 0 Å². The first kappa shape index (κ1) is 39.2. The van der Waals surface area contributed by atoms with E-state index in [4.69, 9.17) is 0 Å². The van der Waals surface area contributed by atoms with Gasteiger partial charge in [-0.15, -0.1) is 12.4 Å². The van der Waals surface area contributed by atoms with Crippen LogP contribution in [0.15, 0.2) is 0 Å². The second kappa shape index (κ2) is 32.8. The van der Waals surface area contributed by atoms with Gasteiger partial charge in [-0.1, -0.05) is 194 Å². The Labute approximate surface area is 255 Å². The van der Waals surface area contributed by atoms with Gasteiger partial charge in [-0.25, -0.2) is 0 Å². The van der Waals surface area contributed by atoms with E-state index in [1.165, 1.54) is 219 Å². The van der Waals surface area contributed by atoms with Crippen LogP contribution in [-0.4, -0.2) is 24.0 Å². The molecule has 1 aliphatic rings. The summed E-state index contributed by atoms with van der Waals surface area (Å²) in [4.78, 5) is 2.90. The van der Waals surface area contributed by atoms with Gasteiger partial charge < -0.3 is 4.90 Å². The van der Waals surface area contributed by atoms with E-state index in [1.54, 1.807) is 0 Å². The van der Waals surface area contributed by atoms with E-state index in [2.05, 4.69) is 18.7 Å². The fourth-order valence-corrected chi connectivity index (χ4v) is 6.77. The summed E-state index contributed by atoms with van der Waals surface area (Å²) >= 11 is 0. The summed E-state index contributed by atoms with van der Waals surface area (Å²) in [5.74, 6) is 0. The number of halogens is 1. The van der Waals surface area contributed by atoms with E-state index in [9.17, 15) is 0 Å². The Kier molecular flexibility index (Phi) is 33.0. The van der Waals surface area contributed by atoms with Crippen LogP contribution in [0.25, 0.3) is 0 Å². The van der Waals surface area contributed by atoms with Gasteiger partial charge in [0.25, 0.3) is 0 Å². The average molecular weight is 570 g/mol. The molecular formula is C37H76ClN. The lowest BCUT2D eigenvalue weighted by atomic mass is 9.95. The zero-order valence-corrected chi connectivity index (χ0v) is 28.3. The van der Waals surface area contributed by atoms with Crippen molar-refractivity contribution in [1.82, 2.24) is 4.90 Å². The predicted molar refractivity (Wildman–Crippen MR) is 182 cm³/mol. The van der Waals surface area contributed by atoms with Crippen LogP contribution in [0.1, 0.15) is 219 Å². The molecule has 0 spiro atoms. The van der Waals surface area contributed by atoms with Crippen LogP contribution in [0.5, 0.6) is 0 Å². The molecule has 2 heteroatoms. The van der Waals surface area contributed by atoms with Crippen LogP contribution < -0.4 is 0 Å². The van der Waals surface area contributed by atoms with Crippen molar-refractivity contribution in [3.63, 3.8) is 0 Å². The molecule has 236 valence electrons. The van der Waals surface area contributed by atoms with E-state index in [-0.39, 0.29) is 12.4 Å². The van der Waals surface area contributed by atoms with Crippen molar-refractivity contribution < 1.29 is 0 Å². The van der Waals surface area contributed by atoms with Crippen molar-refractivity contribution in [2.45, 2.75) is 225 Å². The van der Waals surface area contributed by atoms with E-state index in [1.807, 2.05) is 0 Å². The van der Waals surface area contributed by atoms with E-state index in [0.29, 0.717) is 0 Å². The van der Waals surface area contributed by atoms with E-state index < -0.39 is 0 Å². The molecule has 39 heavy (non-hydrogen) atoms. The van der Waals surface area contributed by atoms with Crippen LogP contribution in [0, 0.1) is 0 Å². The monoisotopic (exact) mass is 570 g/mol. The number of nitrogens with zero attached hydrogens (tertiary/aromatic N) is 1. The third kappa shape index (κ3) is 26.9. The lowest BCUT2D eigenvalue weighted by Gasteiger charge is -2.36. The zero-order chi connectivity index (χ0) is 27.2. The molecule has 0 N–H and O–H groups in total. The predicted octanol–water partition coefficient (Wildman–Crippen LogP) is 13.6. The summed E-state index contributed by atoms with van der Waals surface area (Å²) in [5.41, 5.74) is 0. The van der Waals surface area contributed by atoms with E-state index >= 15 is 0 Å². The smallest absolute Gasteiger partial charge is 0.00952 e. The summed E-state index contributed by atoms with van der Waals surface area (Å²) in [6.45, 7) is 7.40. The van der Waals surface area contributed by atoms with Crippen LogP contribution in [0.2, 0.25) is 0 Å². The molecular weight excluding hydrogens is 494 g/mol. The Morgan fingerprint density at radius 2 is 0.744 bits per heavy atom. The molecule has 1 saturated heterocycles. The quantitative estimate of drug-likeness (QED) is 0.0777. The minimum Gasteiger partial charge on any atom is -0.300 e. The number of unbranched alkanes of at least 4 members (excludes halogenated alkanes) is 26. The maximum Gasteiger partial charge on any atom is 0.00952 e. The van der Waals surface area contributed by atoms with Crippen LogP contribution >= 0.6 is 12.4 Å². The Balaban J connectivity index is 0.0000144. The summed E-state index contributed by atoms with van der Waals surface area (Å²) in [5, 5.41) is 0. The van der Waals surface area contributed by atoms with Crippen molar-refractivity contribution in [2.24, 2.45) is 0 Å². The molecule has 1 heterocycles. The van der Waals surface area contributed by atoms with Gasteiger partial charge in [-0.05, 0) is 38.8 Å². The molecule has 0 aromatic rings. The molecule has 0 aromatic heterocycles. The highest BCUT2D eigenvalue weighted by Crippen LogP contribution is 2.23. The largest absolute Gasteiger partial charge is 0.300 e. The van der Waals surface area contributed by atoms with Crippen LogP contribution in [0.4, 0.5) is 0 Å². The van der Waals surface area contributed by atoms with E-state index in [0.717, 1.165) is 6.04 Å². The van der Waals surface area contributed by atoms with Gasteiger partial charge in [0.05, 0.1) is 0 Å². The molecule has 1 nitrogen and oxygen atoms in total. The van der Waals surface area contributed by atoms with Crippen molar-refractivity contribution >= 4 is 12.4 Å². The van der Waals surface area contributed by atoms with Gasteiger partial charge in [-0.3, -0.25) is 0 Å². The summed E-state index contributed by atoms with van der Waals surface area (Å²) in [6, 6.07) is 0.919. The second-order valence-corrected chi connectivity index (χ2v) is 13.2. The van der Waals surface area contributed by atoms with Crippen molar-refractivity contribution in [2.75, 3.05) is 13.1 Å². The number of hydrogen-bond acceptors (Lipinski definition) is 1. The molecule has 0 aliphatic carbocycles. The first-order valence-electron chi connectivity index (χ1n) is 18.6. The van der Waals surface area contributed by atoms with Gasteiger partial charge in [0.15, 0.2) is 0 Å². The lowest BCUT2D eigenvalue weighted by molar-refractivity contribution is 0.135. The van der Waals surface area contributed by atoms with Crippen molar-refractivity contribution in [3.8, 4) is 0 Å². The summed E-state index contributed by atoms with van der Waals surface area (Å²) in [6.07, 6.45) is 47.1. The summed E-state index contributed by atoms with van der Waals surface area (Å²) < 4.78 is 0. The molecule has 0 aromatic carbocycles. The second-order valence-electron chi connectivity index (χ2n) is 13.2. The first-order valence-corrected chi connectivity index (χ1v) is 18.6. The first-order chi connectivity index (χ1) is 18.9. The molecule has 0 saturated carbocycles. The molecule has 1 atom stereocenters. The van der Waals surface area contributed by atoms with Gasteiger partial charge in [0, 0.05) is 6.04 Å². The summed E-state index contributed by atoms with van der Waals surface area (Å²) in [7, 11) is 0. The average Bonchev–Trinajstić information content (AvgIpc) is 2.94. The topological polar surface area (TPSA) is 3.24 Å². The molecule has 0 bridgehead atoms. The number of likely N-dealkylation sites (tertiary alicyclic amines) is 1. The molecule has 1 rings (SSSR count). The highest BCUT2D eigenvalue weighted by Gasteiger charge is 2.21. The normalized spacial score (nSPS) is 16.0. The fraction of sp³-hybridized carbons (Fsp3) is 1.00. The van der Waals surface area contributed by atoms with Crippen molar-refractivity contribution in [1.29, 1.82) is 0 Å². The number of piperidine rings is 1. The Bertz CT molecular complexity index is 399. The Morgan fingerprint density at radius 1 is 0.410 bits per heavy atom. The van der Waals surface area contributed by atoms with Crippen molar-refractivity contribution in [3.05, 3.63) is 0 Å². The highest BCUT2D eigenvalue weighted by atomic mass is 35.5. The molecule has 0 amide bonds. The fourth-order valence-electron chi connectivity index (χ4n) is 6.77. The van der Waals surface area contributed by atoms with Gasteiger partial charge >= 0.3 is 0 Å². The highest BCUT2D eigenvalue weighted by molar-refractivity contribution is 5.85. The molecule has 1 unspecified atom stereocenters. The molecule has 1 aliphatic heterocycles. The van der Waals surface area contributed by atoms with Crippen LogP contribution in [0.3, 0.4) is 0 Å². The Hall–Kier alpha value is 0.250. The maximum absolute atomic E-state index is 2.90. The van der Waals surface area contributed by atoms with Gasteiger partial charge in [0.1, 0.15) is 0 Å². The molecule has 0 radical (unpaired) electrons.